The van der Waals surface area contributed by atoms with Crippen LogP contribution in [0.25, 0.3) is 16.8 Å². The number of carbonyl (C=O) groups is 2. The maximum Gasteiger partial charge on any atom is 0.411 e. The standard InChI is InChI=1S/C36H36ClF6N9O3/c1-33(2,3)17-35(21-5-8-23(25(38)13-21)20-14-46-50(15-20)22-6-7-22)30(53)51(31(44)48-35)27(16-55-32(54)49-34(10-11-34)36(41,42)43)19-4-9-24(37)26(12-19)52-29(28(39)40)45-18-47-52/h4-5,8-9,12-15,18,22,27-28H,6-7,10-11,16-17H2,1-3H3,(H2,44,48)(H,49,54)/t27-,35-/m1/s1. The first kappa shape index (κ1) is 38.2. The van der Waals surface area contributed by atoms with Gasteiger partial charge < -0.3 is 15.8 Å². The van der Waals surface area contributed by atoms with Crippen LogP contribution in [0.4, 0.5) is 31.1 Å². The zero-order valence-corrected chi connectivity index (χ0v) is 30.5. The van der Waals surface area contributed by atoms with E-state index in [-0.39, 0.29) is 58.7 Å². The quantitative estimate of drug-likeness (QED) is 0.149. The lowest BCUT2D eigenvalue weighted by Gasteiger charge is -2.35. The van der Waals surface area contributed by atoms with E-state index >= 15 is 4.39 Å². The van der Waals surface area contributed by atoms with E-state index in [9.17, 15) is 31.5 Å². The van der Waals surface area contributed by atoms with E-state index in [4.69, 9.17) is 22.1 Å². The van der Waals surface area contributed by atoms with E-state index < -0.39 is 65.4 Å². The number of aromatic nitrogens is 5. The van der Waals surface area contributed by atoms with Gasteiger partial charge in [-0.05, 0) is 66.8 Å². The molecule has 3 heterocycles. The van der Waals surface area contributed by atoms with Gasteiger partial charge in [0, 0.05) is 17.3 Å². The predicted molar refractivity (Wildman–Crippen MR) is 187 cm³/mol. The molecule has 2 atom stereocenters. The number of ether oxygens (including phenoxy) is 1. The van der Waals surface area contributed by atoms with Crippen LogP contribution in [0.3, 0.4) is 0 Å². The van der Waals surface area contributed by atoms with Crippen molar-refractivity contribution in [1.82, 2.24) is 34.8 Å². The van der Waals surface area contributed by atoms with Gasteiger partial charge in [0.25, 0.3) is 12.3 Å². The summed E-state index contributed by atoms with van der Waals surface area (Å²) in [5.74, 6) is -2.54. The van der Waals surface area contributed by atoms with Crippen molar-refractivity contribution in [2.24, 2.45) is 16.1 Å². The molecule has 3 N–H and O–H groups in total. The molecule has 2 fully saturated rings. The number of halogens is 7. The lowest BCUT2D eigenvalue weighted by atomic mass is 9.75. The van der Waals surface area contributed by atoms with Gasteiger partial charge in [-0.1, -0.05) is 50.6 Å². The second-order valence-corrected chi connectivity index (χ2v) is 15.6. The zero-order valence-electron chi connectivity index (χ0n) is 29.7. The molecule has 0 bridgehead atoms. The van der Waals surface area contributed by atoms with E-state index in [1.165, 1.54) is 30.3 Å². The van der Waals surface area contributed by atoms with Crippen LogP contribution in [0.2, 0.25) is 5.02 Å². The average Bonchev–Trinajstić information content (AvgIpc) is 3.97. The highest BCUT2D eigenvalue weighted by atomic mass is 35.5. The highest BCUT2D eigenvalue weighted by Gasteiger charge is 2.64. The number of aliphatic imine (C=N–C) groups is 1. The Kier molecular flexibility index (Phi) is 9.41. The Morgan fingerprint density at radius 2 is 1.84 bits per heavy atom. The van der Waals surface area contributed by atoms with E-state index in [0.717, 1.165) is 28.8 Å². The molecule has 4 aromatic rings. The van der Waals surface area contributed by atoms with E-state index in [1.54, 1.807) is 23.1 Å². The molecule has 2 aromatic heterocycles. The number of guanidine groups is 1. The maximum atomic E-state index is 16.0. The summed E-state index contributed by atoms with van der Waals surface area (Å²) < 4.78 is 92.7. The molecule has 55 heavy (non-hydrogen) atoms. The topological polar surface area (TPSA) is 146 Å². The first-order valence-corrected chi connectivity index (χ1v) is 17.7. The summed E-state index contributed by atoms with van der Waals surface area (Å²) in [6.07, 6.45) is -3.74. The number of alkyl halides is 5. The molecular formula is C36H36ClF6N9O3. The number of nitrogens with two attached hydrogens (primary N) is 1. The molecule has 0 radical (unpaired) electrons. The largest absolute Gasteiger partial charge is 0.447 e. The van der Waals surface area contributed by atoms with Gasteiger partial charge >= 0.3 is 12.3 Å². The smallest absolute Gasteiger partial charge is 0.411 e. The van der Waals surface area contributed by atoms with Crippen molar-refractivity contribution in [3.63, 3.8) is 0 Å². The Balaban J connectivity index is 1.28. The number of amides is 2. The molecule has 2 amide bonds. The second-order valence-electron chi connectivity index (χ2n) is 15.2. The van der Waals surface area contributed by atoms with Crippen LogP contribution in [-0.2, 0) is 15.1 Å². The minimum Gasteiger partial charge on any atom is -0.447 e. The summed E-state index contributed by atoms with van der Waals surface area (Å²) >= 11 is 6.42. The first-order valence-electron chi connectivity index (χ1n) is 17.4. The number of carbonyl (C=O) groups excluding carboxylic acids is 2. The molecule has 1 aliphatic heterocycles. The summed E-state index contributed by atoms with van der Waals surface area (Å²) in [7, 11) is 0. The van der Waals surface area contributed by atoms with Crippen LogP contribution < -0.4 is 11.1 Å². The zero-order chi connectivity index (χ0) is 39.7. The molecule has 2 aliphatic carbocycles. The van der Waals surface area contributed by atoms with Gasteiger partial charge in [-0.15, -0.1) is 0 Å². The van der Waals surface area contributed by atoms with Gasteiger partial charge in [0.1, 0.15) is 24.3 Å². The van der Waals surface area contributed by atoms with Crippen LogP contribution in [0, 0.1) is 11.2 Å². The summed E-state index contributed by atoms with van der Waals surface area (Å²) in [5.41, 5.74) is 2.59. The summed E-state index contributed by atoms with van der Waals surface area (Å²) in [5, 5.41) is 10.0. The highest BCUT2D eigenvalue weighted by molar-refractivity contribution is 6.32. The predicted octanol–water partition coefficient (Wildman–Crippen LogP) is 7.55. The Bertz CT molecular complexity index is 2170. The van der Waals surface area contributed by atoms with Crippen molar-refractivity contribution in [3.05, 3.63) is 82.9 Å². The van der Waals surface area contributed by atoms with Gasteiger partial charge in [0.15, 0.2) is 17.3 Å². The van der Waals surface area contributed by atoms with Gasteiger partial charge in [0.05, 0.1) is 29.0 Å². The van der Waals surface area contributed by atoms with Crippen LogP contribution >= 0.6 is 11.6 Å². The van der Waals surface area contributed by atoms with Crippen molar-refractivity contribution >= 4 is 29.6 Å². The summed E-state index contributed by atoms with van der Waals surface area (Å²) in [6, 6.07) is 7.16. The Morgan fingerprint density at radius 3 is 2.45 bits per heavy atom. The van der Waals surface area contributed by atoms with Crippen molar-refractivity contribution in [2.75, 3.05) is 6.61 Å². The molecule has 7 rings (SSSR count). The average molecular weight is 792 g/mol. The molecule has 0 spiro atoms. The molecule has 19 heteroatoms. The van der Waals surface area contributed by atoms with Crippen molar-refractivity contribution < 1.29 is 40.7 Å². The first-order chi connectivity index (χ1) is 25.8. The number of rotatable bonds is 11. The maximum absolute atomic E-state index is 16.0. The molecule has 292 valence electrons. The number of nitrogens with one attached hydrogen (secondary N) is 1. The summed E-state index contributed by atoms with van der Waals surface area (Å²) in [6.45, 7) is 4.76. The van der Waals surface area contributed by atoms with E-state index in [1.807, 2.05) is 26.1 Å². The fraction of sp³-hybridized carbons (Fsp3) is 0.444. The van der Waals surface area contributed by atoms with E-state index in [0.29, 0.717) is 5.56 Å². The third kappa shape index (κ3) is 7.23. The molecule has 0 saturated heterocycles. The normalized spacial score (nSPS) is 20.2. The molecule has 12 nitrogen and oxygen atoms in total. The highest BCUT2D eigenvalue weighted by Crippen LogP contribution is 2.49. The Labute approximate surface area is 315 Å². The molecule has 2 saturated carbocycles. The minimum atomic E-state index is -4.74. The minimum absolute atomic E-state index is 0.0131. The van der Waals surface area contributed by atoms with Crippen LogP contribution in [0.1, 0.15) is 88.3 Å². The van der Waals surface area contributed by atoms with Gasteiger partial charge in [-0.25, -0.2) is 32.6 Å². The number of nitrogens with zero attached hydrogens (tertiary/aromatic N) is 7. The van der Waals surface area contributed by atoms with E-state index in [2.05, 4.69) is 20.2 Å². The fourth-order valence-corrected chi connectivity index (χ4v) is 7.09. The Hall–Kier alpha value is -5.13. The molecule has 2 aromatic carbocycles. The Morgan fingerprint density at radius 1 is 1.11 bits per heavy atom. The number of benzene rings is 2. The lowest BCUT2D eigenvalue weighted by molar-refractivity contribution is -0.164. The molecular weight excluding hydrogens is 756 g/mol. The third-order valence-electron chi connectivity index (χ3n) is 9.86. The number of hydrogen-bond donors (Lipinski definition) is 2. The van der Waals surface area contributed by atoms with Gasteiger partial charge in [-0.3, -0.25) is 14.4 Å². The number of hydrogen-bond acceptors (Lipinski definition) is 8. The van der Waals surface area contributed by atoms with Crippen LogP contribution in [0.5, 0.6) is 0 Å². The molecule has 3 aliphatic rings. The van der Waals surface area contributed by atoms with Crippen LogP contribution in [0.15, 0.2) is 60.1 Å². The SMILES string of the molecule is CC(C)(C)C[C@]1(c2ccc(-c3cnn(C4CC4)c3)c(F)c2)N=C(N)N([C@H](COC(=O)NC2(C(F)(F)F)CC2)c2ccc(Cl)c(-n3ncnc3C(F)F)c2)C1=O. The van der Waals surface area contributed by atoms with Crippen molar-refractivity contribution in [3.8, 4) is 16.8 Å². The van der Waals surface area contributed by atoms with Crippen molar-refractivity contribution in [2.45, 2.75) is 88.6 Å². The lowest BCUT2D eigenvalue weighted by Crippen LogP contribution is -2.50. The van der Waals surface area contributed by atoms with Gasteiger partial charge in [0.2, 0.25) is 0 Å². The van der Waals surface area contributed by atoms with Gasteiger partial charge in [-0.2, -0.15) is 23.4 Å². The molecule has 0 unspecified atom stereocenters. The van der Waals surface area contributed by atoms with Crippen molar-refractivity contribution in [1.29, 1.82) is 0 Å². The second kappa shape index (κ2) is 13.6. The third-order valence-corrected chi connectivity index (χ3v) is 10.2. The van der Waals surface area contributed by atoms with Crippen LogP contribution in [-0.4, -0.2) is 65.7 Å². The number of alkyl carbamates (subject to hydrolysis) is 1. The fourth-order valence-electron chi connectivity index (χ4n) is 6.89. The summed E-state index contributed by atoms with van der Waals surface area (Å²) in [4.78, 5) is 37.1. The monoisotopic (exact) mass is 791 g/mol.